The SMILES string of the molecule is O=C(Nc1ccc(F)cc1F)N1CCC(Cc2ccccc2)CC1. The Hall–Kier alpha value is -2.43. The van der Waals surface area contributed by atoms with Gasteiger partial charge in [0, 0.05) is 19.2 Å². The number of halogens is 2. The molecule has 0 spiro atoms. The summed E-state index contributed by atoms with van der Waals surface area (Å²) in [6, 6.07) is 13.1. The molecule has 1 saturated heterocycles. The highest BCUT2D eigenvalue weighted by molar-refractivity contribution is 5.89. The van der Waals surface area contributed by atoms with Crippen molar-refractivity contribution in [3.63, 3.8) is 0 Å². The smallest absolute Gasteiger partial charge is 0.321 e. The van der Waals surface area contributed by atoms with Crippen LogP contribution >= 0.6 is 0 Å². The van der Waals surface area contributed by atoms with Crippen LogP contribution in [0.2, 0.25) is 0 Å². The Morgan fingerprint density at radius 2 is 1.79 bits per heavy atom. The van der Waals surface area contributed by atoms with Crippen molar-refractivity contribution in [2.75, 3.05) is 18.4 Å². The molecule has 0 aromatic heterocycles. The number of nitrogens with one attached hydrogen (secondary N) is 1. The van der Waals surface area contributed by atoms with E-state index in [1.165, 1.54) is 11.6 Å². The molecular weight excluding hydrogens is 310 g/mol. The monoisotopic (exact) mass is 330 g/mol. The number of carbonyl (C=O) groups excluding carboxylic acids is 1. The maximum absolute atomic E-state index is 13.6. The standard InChI is InChI=1S/C19H20F2N2O/c20-16-6-7-18(17(21)13-16)22-19(24)23-10-8-15(9-11-23)12-14-4-2-1-3-5-14/h1-7,13,15H,8-12H2,(H,22,24). The van der Waals surface area contributed by atoms with Gasteiger partial charge in [0.2, 0.25) is 0 Å². The average Bonchev–Trinajstić information content (AvgIpc) is 2.59. The Morgan fingerprint density at radius 3 is 2.46 bits per heavy atom. The van der Waals surface area contributed by atoms with Gasteiger partial charge in [-0.25, -0.2) is 13.6 Å². The summed E-state index contributed by atoms with van der Waals surface area (Å²) in [5.74, 6) is -0.867. The van der Waals surface area contributed by atoms with E-state index in [0.29, 0.717) is 19.0 Å². The Morgan fingerprint density at radius 1 is 1.08 bits per heavy atom. The summed E-state index contributed by atoms with van der Waals surface area (Å²) in [6.45, 7) is 1.29. The molecule has 2 aromatic rings. The largest absolute Gasteiger partial charge is 0.325 e. The highest BCUT2D eigenvalue weighted by Gasteiger charge is 2.23. The summed E-state index contributed by atoms with van der Waals surface area (Å²) in [6.07, 6.45) is 2.87. The van der Waals surface area contributed by atoms with Crippen LogP contribution < -0.4 is 5.32 Å². The van der Waals surface area contributed by atoms with Gasteiger partial charge in [0.15, 0.2) is 0 Å². The van der Waals surface area contributed by atoms with Crippen molar-refractivity contribution >= 4 is 11.7 Å². The number of carbonyl (C=O) groups is 1. The molecule has 0 bridgehead atoms. The molecule has 1 fully saturated rings. The summed E-state index contributed by atoms with van der Waals surface area (Å²) >= 11 is 0. The molecular formula is C19H20F2N2O. The number of benzene rings is 2. The third-order valence-electron chi connectivity index (χ3n) is 4.44. The van der Waals surface area contributed by atoms with Crippen LogP contribution in [0.3, 0.4) is 0 Å². The van der Waals surface area contributed by atoms with Crippen LogP contribution in [0.15, 0.2) is 48.5 Å². The quantitative estimate of drug-likeness (QED) is 0.886. The Bertz CT molecular complexity index is 698. The summed E-state index contributed by atoms with van der Waals surface area (Å²) in [4.78, 5) is 13.9. The van der Waals surface area contributed by atoms with Crippen LogP contribution in [0.25, 0.3) is 0 Å². The number of hydrogen-bond acceptors (Lipinski definition) is 1. The number of piperidine rings is 1. The minimum Gasteiger partial charge on any atom is -0.325 e. The first-order valence-electron chi connectivity index (χ1n) is 8.17. The Kier molecular flexibility index (Phi) is 5.08. The zero-order chi connectivity index (χ0) is 16.9. The first-order valence-corrected chi connectivity index (χ1v) is 8.17. The lowest BCUT2D eigenvalue weighted by molar-refractivity contribution is 0.182. The van der Waals surface area contributed by atoms with Crippen molar-refractivity contribution in [3.8, 4) is 0 Å². The summed E-state index contributed by atoms with van der Waals surface area (Å²) in [5, 5.41) is 2.52. The van der Waals surface area contributed by atoms with Gasteiger partial charge in [0.25, 0.3) is 0 Å². The Balaban J connectivity index is 1.51. The van der Waals surface area contributed by atoms with Gasteiger partial charge >= 0.3 is 6.03 Å². The second-order valence-electron chi connectivity index (χ2n) is 6.17. The van der Waals surface area contributed by atoms with Gasteiger partial charge in [0.05, 0.1) is 5.69 Å². The normalized spacial score (nSPS) is 15.3. The zero-order valence-electron chi connectivity index (χ0n) is 13.3. The van der Waals surface area contributed by atoms with Gasteiger partial charge in [-0.2, -0.15) is 0 Å². The van der Waals surface area contributed by atoms with Gasteiger partial charge in [0.1, 0.15) is 11.6 Å². The highest BCUT2D eigenvalue weighted by atomic mass is 19.1. The fraction of sp³-hybridized carbons (Fsp3) is 0.316. The number of likely N-dealkylation sites (tertiary alicyclic amines) is 1. The Labute approximate surface area is 140 Å². The van der Waals surface area contributed by atoms with Crippen molar-refractivity contribution in [2.24, 2.45) is 5.92 Å². The predicted octanol–water partition coefficient (Wildman–Crippen LogP) is 4.45. The minimum atomic E-state index is -0.762. The van der Waals surface area contributed by atoms with Crippen molar-refractivity contribution in [3.05, 3.63) is 65.7 Å². The van der Waals surface area contributed by atoms with Crippen LogP contribution in [-0.2, 0) is 6.42 Å². The minimum absolute atomic E-state index is 0.00723. The fourth-order valence-electron chi connectivity index (χ4n) is 3.07. The van der Waals surface area contributed by atoms with E-state index in [0.717, 1.165) is 31.4 Å². The molecule has 0 atom stereocenters. The van der Waals surface area contributed by atoms with Gasteiger partial charge in [-0.05, 0) is 42.9 Å². The van der Waals surface area contributed by atoms with Gasteiger partial charge in [-0.15, -0.1) is 0 Å². The summed E-state index contributed by atoms with van der Waals surface area (Å²) in [7, 11) is 0. The predicted molar refractivity (Wildman–Crippen MR) is 89.8 cm³/mol. The van der Waals surface area contributed by atoms with Crippen molar-refractivity contribution < 1.29 is 13.6 Å². The molecule has 3 nitrogen and oxygen atoms in total. The van der Waals surface area contributed by atoms with Crippen LogP contribution in [0.5, 0.6) is 0 Å². The second kappa shape index (κ2) is 7.43. The maximum Gasteiger partial charge on any atom is 0.321 e. The van der Waals surface area contributed by atoms with Crippen LogP contribution in [-0.4, -0.2) is 24.0 Å². The summed E-state index contributed by atoms with van der Waals surface area (Å²) < 4.78 is 26.5. The van der Waals surface area contributed by atoms with Crippen molar-refractivity contribution in [2.45, 2.75) is 19.3 Å². The molecule has 3 rings (SSSR count). The van der Waals surface area contributed by atoms with E-state index in [-0.39, 0.29) is 11.7 Å². The lowest BCUT2D eigenvalue weighted by Gasteiger charge is -2.32. The molecule has 126 valence electrons. The van der Waals surface area contributed by atoms with Gasteiger partial charge < -0.3 is 10.2 Å². The van der Waals surface area contributed by atoms with Crippen LogP contribution in [0.1, 0.15) is 18.4 Å². The molecule has 0 radical (unpaired) electrons. The molecule has 1 N–H and O–H groups in total. The first kappa shape index (κ1) is 16.4. The second-order valence-corrected chi connectivity index (χ2v) is 6.17. The number of amides is 2. The molecule has 24 heavy (non-hydrogen) atoms. The summed E-state index contributed by atoms with van der Waals surface area (Å²) in [5.41, 5.74) is 1.32. The third kappa shape index (κ3) is 4.10. The maximum atomic E-state index is 13.6. The molecule has 0 saturated carbocycles. The van der Waals surface area contributed by atoms with Crippen molar-refractivity contribution in [1.82, 2.24) is 4.90 Å². The molecule has 2 amide bonds. The fourth-order valence-corrected chi connectivity index (χ4v) is 3.07. The average molecular weight is 330 g/mol. The van der Waals surface area contributed by atoms with Crippen molar-refractivity contribution in [1.29, 1.82) is 0 Å². The molecule has 1 heterocycles. The van der Waals surface area contributed by atoms with E-state index in [1.807, 2.05) is 18.2 Å². The zero-order valence-corrected chi connectivity index (χ0v) is 13.3. The number of nitrogens with zero attached hydrogens (tertiary/aromatic N) is 1. The molecule has 1 aliphatic heterocycles. The van der Waals surface area contributed by atoms with Crippen LogP contribution in [0, 0.1) is 17.6 Å². The van der Waals surface area contributed by atoms with E-state index in [4.69, 9.17) is 0 Å². The van der Waals surface area contributed by atoms with Crippen LogP contribution in [0.4, 0.5) is 19.3 Å². The number of hydrogen-bond donors (Lipinski definition) is 1. The van der Waals surface area contributed by atoms with E-state index < -0.39 is 11.6 Å². The first-order chi connectivity index (χ1) is 11.6. The molecule has 5 heteroatoms. The van der Waals surface area contributed by atoms with E-state index in [2.05, 4.69) is 17.4 Å². The van der Waals surface area contributed by atoms with Gasteiger partial charge in [-0.1, -0.05) is 30.3 Å². The molecule has 0 unspecified atom stereocenters. The number of anilines is 1. The van der Waals surface area contributed by atoms with Gasteiger partial charge in [-0.3, -0.25) is 0 Å². The van der Waals surface area contributed by atoms with E-state index in [1.54, 1.807) is 4.90 Å². The number of urea groups is 1. The highest BCUT2D eigenvalue weighted by Crippen LogP contribution is 2.23. The number of rotatable bonds is 3. The third-order valence-corrected chi connectivity index (χ3v) is 4.44. The van der Waals surface area contributed by atoms with E-state index in [9.17, 15) is 13.6 Å². The lowest BCUT2D eigenvalue weighted by Crippen LogP contribution is -2.41. The van der Waals surface area contributed by atoms with E-state index >= 15 is 0 Å². The molecule has 1 aliphatic rings. The molecule has 0 aliphatic carbocycles. The molecule has 2 aromatic carbocycles. The topological polar surface area (TPSA) is 32.3 Å². The lowest BCUT2D eigenvalue weighted by atomic mass is 9.90.